The Kier molecular flexibility index (Phi) is 6.22. The maximum Gasteiger partial charge on any atom is 0.251 e. The minimum atomic E-state index is -0.0781. The van der Waals surface area contributed by atoms with Crippen molar-refractivity contribution < 1.29 is 14.3 Å². The summed E-state index contributed by atoms with van der Waals surface area (Å²) in [6.07, 6.45) is 2.34. The van der Waals surface area contributed by atoms with Crippen molar-refractivity contribution in [3.05, 3.63) is 66.5 Å². The number of benzene rings is 2. The van der Waals surface area contributed by atoms with E-state index in [-0.39, 0.29) is 11.9 Å². The van der Waals surface area contributed by atoms with Gasteiger partial charge in [0.1, 0.15) is 17.8 Å². The Morgan fingerprint density at radius 3 is 2.54 bits per heavy atom. The van der Waals surface area contributed by atoms with Gasteiger partial charge in [0.05, 0.1) is 12.8 Å². The van der Waals surface area contributed by atoms with Crippen molar-refractivity contribution in [1.29, 1.82) is 0 Å². The lowest BCUT2D eigenvalue weighted by atomic mass is 10.1. The van der Waals surface area contributed by atoms with Crippen molar-refractivity contribution in [2.75, 3.05) is 7.11 Å². The third-order valence-electron chi connectivity index (χ3n) is 4.34. The molecule has 1 N–H and O–H groups in total. The lowest BCUT2D eigenvalue weighted by Gasteiger charge is -2.11. The molecule has 6 nitrogen and oxygen atoms in total. The number of nitrogens with one attached hydrogen (secondary N) is 1. The molecule has 0 saturated carbocycles. The number of nitrogens with zero attached hydrogens (tertiary/aromatic N) is 2. The van der Waals surface area contributed by atoms with Crippen LogP contribution in [0.15, 0.2) is 60.9 Å². The summed E-state index contributed by atoms with van der Waals surface area (Å²) in [7, 11) is 1.61. The van der Waals surface area contributed by atoms with Crippen LogP contribution in [0.5, 0.6) is 17.4 Å². The smallest absolute Gasteiger partial charge is 0.251 e. The molecule has 0 fully saturated rings. The fourth-order valence-corrected chi connectivity index (χ4v) is 2.54. The van der Waals surface area contributed by atoms with Gasteiger partial charge in [-0.1, -0.05) is 25.1 Å². The second-order valence-corrected chi connectivity index (χ2v) is 6.38. The molecule has 28 heavy (non-hydrogen) atoms. The number of amides is 1. The van der Waals surface area contributed by atoms with Gasteiger partial charge in [-0.15, -0.1) is 0 Å². The molecule has 6 heteroatoms. The van der Waals surface area contributed by atoms with Gasteiger partial charge in [0.2, 0.25) is 5.88 Å². The van der Waals surface area contributed by atoms with Crippen LogP contribution in [0.25, 0.3) is 11.3 Å². The van der Waals surface area contributed by atoms with Crippen LogP contribution < -0.4 is 14.8 Å². The molecular formula is C22H23N3O3. The normalized spacial score (nSPS) is 11.5. The van der Waals surface area contributed by atoms with E-state index in [0.29, 0.717) is 28.6 Å². The number of carbonyl (C=O) groups is 1. The first-order valence-corrected chi connectivity index (χ1v) is 9.14. The summed E-state index contributed by atoms with van der Waals surface area (Å²) in [6.45, 7) is 4.02. The maximum absolute atomic E-state index is 12.2. The molecule has 0 bridgehead atoms. The molecule has 0 saturated heterocycles. The van der Waals surface area contributed by atoms with Gasteiger partial charge in [0.25, 0.3) is 5.91 Å². The number of hydrogen-bond donors (Lipinski definition) is 1. The van der Waals surface area contributed by atoms with Crippen LogP contribution in [-0.4, -0.2) is 29.0 Å². The molecule has 3 aromatic rings. The number of carbonyl (C=O) groups excluding carboxylic acids is 1. The molecule has 0 aliphatic rings. The molecule has 1 unspecified atom stereocenters. The van der Waals surface area contributed by atoms with Crippen LogP contribution in [0.3, 0.4) is 0 Å². The number of ether oxygens (including phenoxy) is 2. The number of hydrogen-bond acceptors (Lipinski definition) is 5. The molecule has 1 aromatic heterocycles. The number of aromatic nitrogens is 2. The average molecular weight is 377 g/mol. The van der Waals surface area contributed by atoms with Crippen LogP contribution in [0.2, 0.25) is 0 Å². The highest BCUT2D eigenvalue weighted by molar-refractivity contribution is 5.94. The van der Waals surface area contributed by atoms with Gasteiger partial charge in [0, 0.05) is 29.3 Å². The molecular weight excluding hydrogens is 354 g/mol. The first-order chi connectivity index (χ1) is 13.6. The van der Waals surface area contributed by atoms with E-state index >= 15 is 0 Å². The van der Waals surface area contributed by atoms with E-state index in [1.54, 1.807) is 31.4 Å². The minimum absolute atomic E-state index is 0.0781. The summed E-state index contributed by atoms with van der Waals surface area (Å²) in [4.78, 5) is 20.7. The highest BCUT2D eigenvalue weighted by Crippen LogP contribution is 2.26. The van der Waals surface area contributed by atoms with Gasteiger partial charge in [-0.3, -0.25) is 4.79 Å². The van der Waals surface area contributed by atoms with Crippen molar-refractivity contribution in [3.63, 3.8) is 0 Å². The topological polar surface area (TPSA) is 73.3 Å². The summed E-state index contributed by atoms with van der Waals surface area (Å²) in [5, 5.41) is 2.96. The third-order valence-corrected chi connectivity index (χ3v) is 4.34. The highest BCUT2D eigenvalue weighted by atomic mass is 16.5. The molecule has 0 aliphatic heterocycles. The molecule has 1 amide bonds. The van der Waals surface area contributed by atoms with E-state index in [1.165, 1.54) is 6.33 Å². The summed E-state index contributed by atoms with van der Waals surface area (Å²) in [5.74, 6) is 1.68. The van der Waals surface area contributed by atoms with Gasteiger partial charge in [-0.2, -0.15) is 0 Å². The monoisotopic (exact) mass is 377 g/mol. The van der Waals surface area contributed by atoms with Crippen molar-refractivity contribution >= 4 is 5.91 Å². The quantitative estimate of drug-likeness (QED) is 0.657. The van der Waals surface area contributed by atoms with Gasteiger partial charge in [-0.25, -0.2) is 9.97 Å². The Labute approximate surface area is 164 Å². The second-order valence-electron chi connectivity index (χ2n) is 6.38. The van der Waals surface area contributed by atoms with E-state index in [0.717, 1.165) is 12.0 Å². The van der Waals surface area contributed by atoms with E-state index in [1.807, 2.05) is 44.2 Å². The molecule has 1 heterocycles. The summed E-state index contributed by atoms with van der Waals surface area (Å²) in [6, 6.07) is 16.5. The van der Waals surface area contributed by atoms with Crippen LogP contribution in [0.1, 0.15) is 30.6 Å². The first kappa shape index (κ1) is 19.4. The Morgan fingerprint density at radius 2 is 1.82 bits per heavy atom. The maximum atomic E-state index is 12.2. The van der Waals surface area contributed by atoms with Crippen molar-refractivity contribution in [2.45, 2.75) is 26.3 Å². The molecule has 3 rings (SSSR count). The Bertz CT molecular complexity index is 942. The van der Waals surface area contributed by atoms with Crippen LogP contribution in [0, 0.1) is 0 Å². The fourth-order valence-electron chi connectivity index (χ4n) is 2.54. The van der Waals surface area contributed by atoms with Crippen molar-refractivity contribution in [1.82, 2.24) is 15.3 Å². The lowest BCUT2D eigenvalue weighted by molar-refractivity contribution is 0.0939. The largest absolute Gasteiger partial charge is 0.497 e. The Balaban J connectivity index is 1.75. The van der Waals surface area contributed by atoms with Crippen LogP contribution in [0.4, 0.5) is 0 Å². The Hall–Kier alpha value is -3.41. The van der Waals surface area contributed by atoms with Crippen LogP contribution in [-0.2, 0) is 0 Å². The summed E-state index contributed by atoms with van der Waals surface area (Å²) >= 11 is 0. The van der Waals surface area contributed by atoms with Gasteiger partial charge < -0.3 is 14.8 Å². The van der Waals surface area contributed by atoms with E-state index in [9.17, 15) is 4.79 Å². The predicted octanol–water partition coefficient (Wildman–Crippen LogP) is 4.47. The van der Waals surface area contributed by atoms with E-state index < -0.39 is 0 Å². The highest BCUT2D eigenvalue weighted by Gasteiger charge is 2.10. The molecule has 1 atom stereocenters. The summed E-state index contributed by atoms with van der Waals surface area (Å²) in [5.41, 5.74) is 2.20. The third kappa shape index (κ3) is 4.85. The van der Waals surface area contributed by atoms with Gasteiger partial charge in [-0.05, 0) is 37.6 Å². The Morgan fingerprint density at radius 1 is 1.07 bits per heavy atom. The second kappa shape index (κ2) is 8.99. The SMILES string of the molecule is CCC(C)NC(=O)c1ccc(-c2cc(Oc3cccc(OC)c3)ncn2)cc1. The molecule has 144 valence electrons. The lowest BCUT2D eigenvalue weighted by Crippen LogP contribution is -2.31. The zero-order valence-electron chi connectivity index (χ0n) is 16.2. The summed E-state index contributed by atoms with van der Waals surface area (Å²) < 4.78 is 11.0. The van der Waals surface area contributed by atoms with E-state index in [2.05, 4.69) is 15.3 Å². The molecule has 0 aliphatic carbocycles. The molecule has 0 radical (unpaired) electrons. The zero-order valence-corrected chi connectivity index (χ0v) is 16.2. The van der Waals surface area contributed by atoms with Crippen LogP contribution >= 0.6 is 0 Å². The van der Waals surface area contributed by atoms with Crippen molar-refractivity contribution in [3.8, 4) is 28.6 Å². The molecule has 0 spiro atoms. The first-order valence-electron chi connectivity index (χ1n) is 9.14. The average Bonchev–Trinajstić information content (AvgIpc) is 2.74. The molecule has 2 aromatic carbocycles. The standard InChI is InChI=1S/C22H23N3O3/c1-4-15(2)25-22(26)17-10-8-16(9-11-17)20-13-21(24-14-23-20)28-19-7-5-6-18(12-19)27-3/h5-15H,4H2,1-3H3,(H,25,26). The fraction of sp³-hybridized carbons (Fsp3) is 0.227. The van der Waals surface area contributed by atoms with Crippen molar-refractivity contribution in [2.24, 2.45) is 0 Å². The zero-order chi connectivity index (χ0) is 19.9. The van der Waals surface area contributed by atoms with E-state index in [4.69, 9.17) is 9.47 Å². The minimum Gasteiger partial charge on any atom is -0.497 e. The van der Waals surface area contributed by atoms with Gasteiger partial charge in [0.15, 0.2) is 0 Å². The predicted molar refractivity (Wildman–Crippen MR) is 108 cm³/mol. The number of methoxy groups -OCH3 is 1. The van der Waals surface area contributed by atoms with Gasteiger partial charge >= 0.3 is 0 Å². The number of rotatable bonds is 7.